The van der Waals surface area contributed by atoms with E-state index in [-0.39, 0.29) is 28.6 Å². The van der Waals surface area contributed by atoms with Crippen molar-refractivity contribution in [2.75, 3.05) is 6.54 Å². The first-order valence-corrected chi connectivity index (χ1v) is 3.62. The molecule has 1 aromatic rings. The van der Waals surface area contributed by atoms with Gasteiger partial charge in [0.15, 0.2) is 0 Å². The topological polar surface area (TPSA) is 46.4 Å². The fourth-order valence-electron chi connectivity index (χ4n) is 1.15. The van der Waals surface area contributed by atoms with Crippen molar-refractivity contribution in [3.8, 4) is 5.75 Å². The maximum Gasteiger partial charge on any atom is 0.310 e. The van der Waals surface area contributed by atoms with E-state index in [4.69, 9.17) is 0 Å². The van der Waals surface area contributed by atoms with E-state index in [1.807, 2.05) is 0 Å². The number of rotatable bonds is 0. The molecule has 0 unspecified atom stereocenters. The summed E-state index contributed by atoms with van der Waals surface area (Å²) in [5.74, 6) is -0.927. The predicted octanol–water partition coefficient (Wildman–Crippen LogP) is 1.09. The van der Waals surface area contributed by atoms with Crippen molar-refractivity contribution in [1.82, 2.24) is 0 Å². The summed E-state index contributed by atoms with van der Waals surface area (Å²) in [4.78, 5) is 26.6. The zero-order valence-electron chi connectivity index (χ0n) is 6.49. The van der Waals surface area contributed by atoms with Crippen molar-refractivity contribution in [2.24, 2.45) is 0 Å². The van der Waals surface area contributed by atoms with Crippen LogP contribution in [0.1, 0.15) is 10.4 Å². The van der Waals surface area contributed by atoms with Gasteiger partial charge in [-0.2, -0.15) is 4.84 Å². The van der Waals surface area contributed by atoms with Crippen molar-refractivity contribution in [3.63, 3.8) is 0 Å². The average Bonchev–Trinajstić information content (AvgIpc) is 2.02. The van der Waals surface area contributed by atoms with Crippen LogP contribution in [-0.2, 0) is 0 Å². The molecule has 0 bridgehead atoms. The van der Waals surface area contributed by atoms with Crippen LogP contribution >= 0.6 is 0 Å². The lowest BCUT2D eigenvalue weighted by Gasteiger charge is -2.06. The molecule has 1 aromatic carbocycles. The van der Waals surface area contributed by atoms with Crippen LogP contribution in [0.2, 0.25) is 0 Å². The van der Waals surface area contributed by atoms with E-state index < -0.39 is 5.82 Å². The number of hydrogen-bond acceptors (Lipinski definition) is 3. The molecule has 0 aromatic heterocycles. The van der Waals surface area contributed by atoms with Gasteiger partial charge in [-0.3, -0.25) is 4.79 Å². The normalized spacial score (nSPS) is 15.2. The molecule has 2 rings (SSSR count). The molecule has 0 atom stereocenters. The van der Waals surface area contributed by atoms with E-state index in [0.29, 0.717) is 0 Å². The molecule has 1 aliphatic rings. The fourth-order valence-corrected chi connectivity index (χ4v) is 1.15. The maximum atomic E-state index is 12.6. The first-order valence-electron chi connectivity index (χ1n) is 3.62. The van der Waals surface area contributed by atoms with E-state index in [2.05, 4.69) is 4.84 Å². The molecule has 1 aliphatic heterocycles. The van der Waals surface area contributed by atoms with Crippen LogP contribution in [0.25, 0.3) is 0 Å². The Balaban J connectivity index is 2.55. The van der Waals surface area contributed by atoms with Gasteiger partial charge in [-0.1, -0.05) is 0 Å². The van der Waals surface area contributed by atoms with Crippen LogP contribution in [0.5, 0.6) is 5.75 Å². The van der Waals surface area contributed by atoms with Gasteiger partial charge < -0.3 is 0 Å². The fraction of sp³-hybridized carbons (Fsp3) is 0.125. The molecule has 0 amide bonds. The zero-order valence-corrected chi connectivity index (χ0v) is 6.49. The molecule has 66 valence electrons. The Labute approximate surface area is 72.5 Å². The minimum atomic E-state index is -0.540. The molecule has 5 heteroatoms. The van der Waals surface area contributed by atoms with Crippen molar-refractivity contribution in [2.45, 2.75) is 0 Å². The van der Waals surface area contributed by atoms with Gasteiger partial charge in [0, 0.05) is 6.07 Å². The van der Waals surface area contributed by atoms with Crippen LogP contribution in [0, 0.1) is 10.7 Å². The van der Waals surface area contributed by atoms with E-state index in [0.717, 1.165) is 12.1 Å². The third-order valence-corrected chi connectivity index (χ3v) is 1.72. The van der Waals surface area contributed by atoms with E-state index in [1.165, 1.54) is 6.07 Å². The Kier molecular flexibility index (Phi) is 1.58. The van der Waals surface area contributed by atoms with Crippen molar-refractivity contribution in [3.05, 3.63) is 34.5 Å². The highest BCUT2D eigenvalue weighted by atomic mass is 19.1. The van der Waals surface area contributed by atoms with Crippen LogP contribution in [0.15, 0.2) is 18.2 Å². The predicted molar refractivity (Wildman–Crippen MR) is 39.9 cm³/mol. The number of nitrogens with zero attached hydrogens (tertiary/aromatic N) is 1. The Morgan fingerprint density at radius 2 is 2.23 bits per heavy atom. The van der Waals surface area contributed by atoms with Gasteiger partial charge in [0.25, 0.3) is 0 Å². The van der Waals surface area contributed by atoms with Gasteiger partial charge in [-0.15, -0.1) is 0 Å². The third-order valence-electron chi connectivity index (χ3n) is 1.72. The second-order valence-corrected chi connectivity index (χ2v) is 2.65. The summed E-state index contributed by atoms with van der Waals surface area (Å²) in [6, 6.07) is 3.47. The quantitative estimate of drug-likeness (QED) is 0.603. The number of halogens is 1. The number of carbonyl (C=O) groups excluding carboxylic acids is 1. The van der Waals surface area contributed by atoms with Crippen molar-refractivity contribution < 1.29 is 18.9 Å². The molecule has 0 radical (unpaired) electrons. The molecular weight excluding hydrogens is 177 g/mol. The first kappa shape index (κ1) is 7.85. The lowest BCUT2D eigenvalue weighted by atomic mass is 10.1. The number of fused-ring (bicyclic) bond motifs is 1. The number of carbonyl (C=O) groups is 1. The SMILES string of the molecule is O=C1C[N+](=O)Oc2cc(F)ccc21. The molecular formula is C8H5FNO3+. The molecule has 13 heavy (non-hydrogen) atoms. The minimum absolute atomic E-state index is 0.0220. The number of hydrogen-bond donors (Lipinski definition) is 0. The molecule has 0 N–H and O–H groups in total. The summed E-state index contributed by atoms with van der Waals surface area (Å²) in [6.45, 7) is -0.349. The molecule has 0 saturated carbocycles. The smallest absolute Gasteiger partial charge is 0.286 e. The number of Topliss-reactive ketones (excluding diaryl/α,β-unsaturated/α-hetero) is 1. The maximum absolute atomic E-state index is 12.6. The summed E-state index contributed by atoms with van der Waals surface area (Å²) in [5.41, 5.74) is 0.244. The highest BCUT2D eigenvalue weighted by molar-refractivity contribution is 5.99. The van der Waals surface area contributed by atoms with E-state index in [9.17, 15) is 14.1 Å². The Morgan fingerprint density at radius 1 is 1.46 bits per heavy atom. The lowest BCUT2D eigenvalue weighted by molar-refractivity contribution is -0.754. The van der Waals surface area contributed by atoms with Gasteiger partial charge in [0.05, 0.1) is 10.5 Å². The molecule has 0 spiro atoms. The Morgan fingerprint density at radius 3 is 3.00 bits per heavy atom. The molecule has 0 fully saturated rings. The third kappa shape index (κ3) is 1.28. The van der Waals surface area contributed by atoms with Crippen LogP contribution in [0.3, 0.4) is 0 Å². The van der Waals surface area contributed by atoms with Gasteiger partial charge in [0.2, 0.25) is 16.5 Å². The van der Waals surface area contributed by atoms with E-state index >= 15 is 0 Å². The van der Waals surface area contributed by atoms with Crippen molar-refractivity contribution in [1.29, 1.82) is 0 Å². The summed E-state index contributed by atoms with van der Waals surface area (Å²) < 4.78 is 12.6. The second kappa shape index (κ2) is 2.62. The summed E-state index contributed by atoms with van der Waals surface area (Å²) >= 11 is 0. The summed E-state index contributed by atoms with van der Waals surface area (Å²) in [6.07, 6.45) is 0. The standard InChI is InChI=1S/C8H5FNO3/c9-5-1-2-6-7(11)4-10(12)13-8(6)3-5/h1-3H,4H2/q+1. The van der Waals surface area contributed by atoms with Gasteiger partial charge >= 0.3 is 6.54 Å². The van der Waals surface area contributed by atoms with Gasteiger partial charge in [-0.05, 0) is 12.1 Å². The largest absolute Gasteiger partial charge is 0.310 e. The van der Waals surface area contributed by atoms with E-state index in [1.54, 1.807) is 0 Å². The summed E-state index contributed by atoms with van der Waals surface area (Å²) in [5, 5.41) is 0. The van der Waals surface area contributed by atoms with Gasteiger partial charge in [-0.25, -0.2) is 4.39 Å². The monoisotopic (exact) mass is 182 g/mol. The first-order chi connectivity index (χ1) is 6.16. The second-order valence-electron chi connectivity index (χ2n) is 2.65. The average molecular weight is 182 g/mol. The molecule has 0 aliphatic carbocycles. The lowest BCUT2D eigenvalue weighted by Crippen LogP contribution is -2.27. The van der Waals surface area contributed by atoms with Crippen LogP contribution in [0.4, 0.5) is 4.39 Å². The Bertz CT molecular complexity index is 402. The van der Waals surface area contributed by atoms with Crippen LogP contribution < -0.4 is 4.84 Å². The molecule has 4 nitrogen and oxygen atoms in total. The highest BCUT2D eigenvalue weighted by Gasteiger charge is 2.31. The zero-order chi connectivity index (χ0) is 9.42. The number of ketones is 1. The Hall–Kier alpha value is -1.78. The highest BCUT2D eigenvalue weighted by Crippen LogP contribution is 2.23. The van der Waals surface area contributed by atoms with Crippen molar-refractivity contribution >= 4 is 5.78 Å². The van der Waals surface area contributed by atoms with Gasteiger partial charge in [0.1, 0.15) is 5.82 Å². The molecule has 0 saturated heterocycles. The summed E-state index contributed by atoms with van der Waals surface area (Å²) in [7, 11) is 0. The van der Waals surface area contributed by atoms with Crippen LogP contribution in [-0.4, -0.2) is 17.3 Å². The number of benzene rings is 1. The minimum Gasteiger partial charge on any atom is -0.286 e. The molecule has 1 heterocycles.